The Morgan fingerprint density at radius 2 is 1.13 bits per heavy atom. The van der Waals surface area contributed by atoms with E-state index in [2.05, 4.69) is 0 Å². The fraction of sp³-hybridized carbons (Fsp3) is 0.421. The van der Waals surface area contributed by atoms with Crippen LogP contribution in [0, 0.1) is 0 Å². The van der Waals surface area contributed by atoms with Gasteiger partial charge in [-0.3, -0.25) is 0 Å². The maximum absolute atomic E-state index is 12.0. The first-order chi connectivity index (χ1) is 25.7. The van der Waals surface area contributed by atoms with E-state index in [0.717, 1.165) is 0 Å². The Hall–Kier alpha value is -4.78. The summed E-state index contributed by atoms with van der Waals surface area (Å²) in [5.74, 6) is 0.191. The highest BCUT2D eigenvalue weighted by Gasteiger charge is 2.50. The SMILES string of the molecule is CC(C)(O[C@@H]1O[C@H](CO)[C@@H](OC(C)(C)[C@H](O)COc2c3occc3cc3ccc(=O)oc23)[C@H](O)[C@H]1O)[C@H](O)COc1c2occc2cc2ccc(=O)oc12. The molecule has 1 aliphatic heterocycles. The number of aliphatic hydroxyl groups is 5. The molecule has 0 bridgehead atoms. The second-order valence-electron chi connectivity index (χ2n) is 14.2. The summed E-state index contributed by atoms with van der Waals surface area (Å²) in [5.41, 5.74) is -3.34. The lowest BCUT2D eigenvalue weighted by molar-refractivity contribution is -0.347. The molecule has 4 aromatic heterocycles. The van der Waals surface area contributed by atoms with E-state index in [9.17, 15) is 35.1 Å². The first-order valence-electron chi connectivity index (χ1n) is 17.1. The van der Waals surface area contributed by atoms with Gasteiger partial charge in [-0.25, -0.2) is 9.59 Å². The monoisotopic (exact) mass is 752 g/mol. The molecule has 0 spiro atoms. The molecule has 7 atom stereocenters. The largest absolute Gasteiger partial charge is 0.483 e. The maximum Gasteiger partial charge on any atom is 0.336 e. The number of fused-ring (bicyclic) bond motifs is 4. The van der Waals surface area contributed by atoms with Gasteiger partial charge in [0.2, 0.25) is 11.5 Å². The lowest BCUT2D eigenvalue weighted by atomic mass is 9.95. The molecule has 5 heterocycles. The average Bonchev–Trinajstić information content (AvgIpc) is 3.81. The molecule has 288 valence electrons. The Morgan fingerprint density at radius 3 is 1.61 bits per heavy atom. The number of furan rings is 2. The van der Waals surface area contributed by atoms with Crippen LogP contribution in [0.3, 0.4) is 0 Å². The number of rotatable bonds is 13. The van der Waals surface area contributed by atoms with Gasteiger partial charge >= 0.3 is 11.3 Å². The standard InChI is InChI=1S/C38H40O16/c1-37(2,23(40)16-48-34-29-20(9-11-46-29)13-18-5-7-25(42)51-31(18)34)53-33-22(15-39)50-36(28(45)27(33)44)54-38(3,4)24(41)17-49-35-30-21(10-12-47-30)14-19-6-8-26(43)52-32(19)35/h5-14,22-24,27-28,33,36,39-41,44-45H,15-17H2,1-4H3/t22-,23-,24-,27-,28-,33-,36+/m1/s1. The van der Waals surface area contributed by atoms with Gasteiger partial charge in [0.1, 0.15) is 49.8 Å². The van der Waals surface area contributed by atoms with Crippen LogP contribution >= 0.6 is 0 Å². The molecule has 5 N–H and O–H groups in total. The number of benzene rings is 2. The van der Waals surface area contributed by atoms with Crippen molar-refractivity contribution < 1.29 is 66.9 Å². The fourth-order valence-corrected chi connectivity index (χ4v) is 6.30. The second-order valence-corrected chi connectivity index (χ2v) is 14.2. The molecule has 54 heavy (non-hydrogen) atoms. The lowest BCUT2D eigenvalue weighted by Gasteiger charge is -2.47. The fourth-order valence-electron chi connectivity index (χ4n) is 6.30. The molecule has 7 rings (SSSR count). The number of aliphatic hydroxyl groups excluding tert-OH is 5. The van der Waals surface area contributed by atoms with Crippen LogP contribution in [-0.2, 0) is 14.2 Å². The van der Waals surface area contributed by atoms with Gasteiger partial charge in [-0.1, -0.05) is 0 Å². The van der Waals surface area contributed by atoms with Crippen molar-refractivity contribution in [2.45, 2.75) is 81.8 Å². The van der Waals surface area contributed by atoms with Crippen molar-refractivity contribution in [3.05, 3.63) is 81.9 Å². The van der Waals surface area contributed by atoms with E-state index in [1.165, 1.54) is 52.4 Å². The third-order valence-corrected chi connectivity index (χ3v) is 9.62. The van der Waals surface area contributed by atoms with Crippen LogP contribution < -0.4 is 20.7 Å². The van der Waals surface area contributed by atoms with Crippen molar-refractivity contribution in [1.82, 2.24) is 0 Å². The van der Waals surface area contributed by atoms with Gasteiger partial charge in [-0.2, -0.15) is 0 Å². The molecule has 16 nitrogen and oxygen atoms in total. The van der Waals surface area contributed by atoms with Crippen molar-refractivity contribution in [1.29, 1.82) is 0 Å². The first kappa shape index (κ1) is 37.5. The number of hydrogen-bond acceptors (Lipinski definition) is 16. The summed E-state index contributed by atoms with van der Waals surface area (Å²) in [5, 5.41) is 57.6. The van der Waals surface area contributed by atoms with Crippen LogP contribution in [0.4, 0.5) is 0 Å². The van der Waals surface area contributed by atoms with Crippen molar-refractivity contribution in [3.8, 4) is 11.5 Å². The predicted octanol–water partition coefficient (Wildman–Crippen LogP) is 2.97. The Labute approximate surface area is 305 Å². The zero-order chi connectivity index (χ0) is 38.5. The molecular weight excluding hydrogens is 712 g/mol. The Balaban J connectivity index is 1.01. The van der Waals surface area contributed by atoms with Crippen LogP contribution in [0.1, 0.15) is 27.7 Å². The average molecular weight is 753 g/mol. The van der Waals surface area contributed by atoms with Crippen LogP contribution in [0.2, 0.25) is 0 Å². The maximum atomic E-state index is 12.0. The van der Waals surface area contributed by atoms with E-state index in [1.807, 2.05) is 0 Å². The van der Waals surface area contributed by atoms with Gasteiger partial charge in [0.05, 0.1) is 30.3 Å². The highest BCUT2D eigenvalue weighted by atomic mass is 16.7. The van der Waals surface area contributed by atoms with Crippen LogP contribution in [0.15, 0.2) is 88.3 Å². The third kappa shape index (κ3) is 7.10. The highest BCUT2D eigenvalue weighted by Crippen LogP contribution is 2.38. The molecule has 1 saturated heterocycles. The quantitative estimate of drug-likeness (QED) is 0.107. The van der Waals surface area contributed by atoms with Gasteiger partial charge in [-0.15, -0.1) is 0 Å². The van der Waals surface area contributed by atoms with Gasteiger partial charge in [0.25, 0.3) is 0 Å². The second kappa shape index (κ2) is 14.5. The highest BCUT2D eigenvalue weighted by molar-refractivity contribution is 6.00. The summed E-state index contributed by atoms with van der Waals surface area (Å²) in [6.45, 7) is 4.59. The summed E-state index contributed by atoms with van der Waals surface area (Å²) in [4.78, 5) is 24.0. The van der Waals surface area contributed by atoms with Crippen molar-refractivity contribution >= 4 is 43.9 Å². The Bertz CT molecular complexity index is 2380. The molecule has 0 amide bonds. The lowest BCUT2D eigenvalue weighted by Crippen LogP contribution is -2.64. The van der Waals surface area contributed by atoms with E-state index < -0.39 is 72.0 Å². The number of hydrogen-bond donors (Lipinski definition) is 5. The Morgan fingerprint density at radius 1 is 0.667 bits per heavy atom. The molecule has 16 heteroatoms. The van der Waals surface area contributed by atoms with Gasteiger partial charge < -0.3 is 66.9 Å². The predicted molar refractivity (Wildman–Crippen MR) is 189 cm³/mol. The minimum Gasteiger partial charge on any atom is -0.483 e. The van der Waals surface area contributed by atoms with Crippen LogP contribution in [0.5, 0.6) is 11.5 Å². The number of ether oxygens (including phenoxy) is 5. The molecule has 0 aliphatic carbocycles. The zero-order valence-corrected chi connectivity index (χ0v) is 29.7. The smallest absolute Gasteiger partial charge is 0.336 e. The summed E-state index contributed by atoms with van der Waals surface area (Å²) < 4.78 is 51.7. The van der Waals surface area contributed by atoms with Gasteiger partial charge in [-0.05, 0) is 64.1 Å². The molecule has 2 aromatic carbocycles. The third-order valence-electron chi connectivity index (χ3n) is 9.62. The van der Waals surface area contributed by atoms with Crippen LogP contribution in [0.25, 0.3) is 43.9 Å². The molecule has 0 radical (unpaired) electrons. The molecular formula is C38H40O16. The molecule has 1 aliphatic rings. The van der Waals surface area contributed by atoms with E-state index in [4.69, 9.17) is 41.4 Å². The van der Waals surface area contributed by atoms with Crippen molar-refractivity contribution in [2.24, 2.45) is 0 Å². The topological polar surface area (TPSA) is 234 Å². The summed E-state index contributed by atoms with van der Waals surface area (Å²) in [7, 11) is 0. The zero-order valence-electron chi connectivity index (χ0n) is 29.7. The minimum atomic E-state index is -1.74. The van der Waals surface area contributed by atoms with Crippen LogP contribution in [-0.4, -0.2) is 99.5 Å². The van der Waals surface area contributed by atoms with Gasteiger partial charge in [0.15, 0.2) is 28.6 Å². The van der Waals surface area contributed by atoms with Crippen molar-refractivity contribution in [2.75, 3.05) is 19.8 Å². The minimum absolute atomic E-state index is 0.0953. The van der Waals surface area contributed by atoms with Gasteiger partial charge in [0, 0.05) is 33.7 Å². The molecule has 0 unspecified atom stereocenters. The Kier molecular flexibility index (Phi) is 10.1. The normalized spacial score (nSPS) is 22.3. The van der Waals surface area contributed by atoms with E-state index in [-0.39, 0.29) is 35.9 Å². The van der Waals surface area contributed by atoms with Crippen molar-refractivity contribution in [3.63, 3.8) is 0 Å². The summed E-state index contributed by atoms with van der Waals surface area (Å²) in [6.07, 6.45) is -7.48. The van der Waals surface area contributed by atoms with E-state index in [1.54, 1.807) is 36.4 Å². The summed E-state index contributed by atoms with van der Waals surface area (Å²) >= 11 is 0. The van der Waals surface area contributed by atoms with E-state index in [0.29, 0.717) is 32.7 Å². The molecule has 6 aromatic rings. The summed E-state index contributed by atoms with van der Waals surface area (Å²) in [6, 6.07) is 12.6. The molecule has 0 saturated carbocycles. The molecule has 1 fully saturated rings. The first-order valence-corrected chi connectivity index (χ1v) is 17.1. The van der Waals surface area contributed by atoms with E-state index >= 15 is 0 Å².